The lowest BCUT2D eigenvalue weighted by molar-refractivity contribution is -0.114. The molecule has 0 unspecified atom stereocenters. The van der Waals surface area contributed by atoms with E-state index in [1.54, 1.807) is 27.7 Å². The number of carbonyl (C=O) groups excluding carboxylic acids is 2. The topological polar surface area (TPSA) is 37.4 Å². The molecule has 0 aromatic heterocycles. The minimum absolute atomic E-state index is 0.730. The highest BCUT2D eigenvalue weighted by Crippen LogP contribution is 2.30. The van der Waals surface area contributed by atoms with Crippen LogP contribution in [0.3, 0.4) is 0 Å². The molecule has 1 aromatic carbocycles. The highest BCUT2D eigenvalue weighted by Gasteiger charge is 2.37. The van der Waals surface area contributed by atoms with Gasteiger partial charge in [0.1, 0.15) is 12.6 Å². The number of hydrogen-bond donors (Lipinski definition) is 0. The summed E-state index contributed by atoms with van der Waals surface area (Å²) < 4.78 is 0. The van der Waals surface area contributed by atoms with Crippen LogP contribution in [0, 0.1) is 0 Å². The molecule has 1 aromatic rings. The summed E-state index contributed by atoms with van der Waals surface area (Å²) in [4.78, 5) is 24.3. The fourth-order valence-corrected chi connectivity index (χ4v) is 2.09. The van der Waals surface area contributed by atoms with Crippen LogP contribution in [0.2, 0.25) is 0 Å². The Balaban J connectivity index is 3.31. The van der Waals surface area contributed by atoms with E-state index in [0.717, 1.165) is 18.3 Å². The molecule has 0 atom stereocenters. The number of benzene rings is 1. The molecule has 17 heavy (non-hydrogen) atoms. The molecule has 0 heterocycles. The minimum Gasteiger partial charge on any atom is -0.348 e. The van der Waals surface area contributed by atoms with Gasteiger partial charge < -0.3 is 14.5 Å². The molecule has 3 heteroatoms. The van der Waals surface area contributed by atoms with Gasteiger partial charge in [0.2, 0.25) is 0 Å². The van der Waals surface area contributed by atoms with E-state index >= 15 is 0 Å². The number of rotatable bonds is 5. The maximum atomic E-state index is 11.2. The zero-order chi connectivity index (χ0) is 13.1. The summed E-state index contributed by atoms with van der Waals surface area (Å²) in [6.07, 6.45) is 1.73. The number of carbonyl (C=O) groups is 2. The molecular weight excluding hydrogens is 214 g/mol. The summed E-state index contributed by atoms with van der Waals surface area (Å²) in [7, 11) is 0. The van der Waals surface area contributed by atoms with E-state index in [1.807, 2.05) is 35.2 Å². The first-order chi connectivity index (χ1) is 7.85. The van der Waals surface area contributed by atoms with Gasteiger partial charge >= 0.3 is 0 Å². The summed E-state index contributed by atoms with van der Waals surface area (Å²) >= 11 is 0. The zero-order valence-corrected chi connectivity index (χ0v) is 10.8. The van der Waals surface area contributed by atoms with Crippen LogP contribution in [0.25, 0.3) is 0 Å². The van der Waals surface area contributed by atoms with Gasteiger partial charge in [-0.3, -0.25) is 0 Å². The third-order valence-corrected chi connectivity index (χ3v) is 2.74. The lowest BCUT2D eigenvalue weighted by Crippen LogP contribution is -2.57. The van der Waals surface area contributed by atoms with Crippen molar-refractivity contribution in [1.29, 1.82) is 0 Å². The van der Waals surface area contributed by atoms with Crippen molar-refractivity contribution < 1.29 is 9.59 Å². The maximum absolute atomic E-state index is 11.2. The normalized spacial score (nSPS) is 12.0. The second-order valence-electron chi connectivity index (χ2n) is 5.21. The Labute approximate surface area is 102 Å². The lowest BCUT2D eigenvalue weighted by atomic mass is 9.94. The SMILES string of the molecule is CC(C)(C=O)N(c1ccccc1)C(C)(C)C=O. The smallest absolute Gasteiger partial charge is 0.145 e. The van der Waals surface area contributed by atoms with Gasteiger partial charge in [-0.05, 0) is 39.8 Å². The van der Waals surface area contributed by atoms with Crippen molar-refractivity contribution in [1.82, 2.24) is 0 Å². The van der Waals surface area contributed by atoms with Crippen LogP contribution in [0.4, 0.5) is 5.69 Å². The third-order valence-electron chi connectivity index (χ3n) is 2.74. The van der Waals surface area contributed by atoms with Gasteiger partial charge in [-0.25, -0.2) is 0 Å². The van der Waals surface area contributed by atoms with Gasteiger partial charge in [0, 0.05) is 5.69 Å². The van der Waals surface area contributed by atoms with Gasteiger partial charge in [0.05, 0.1) is 11.1 Å². The number of hydrogen-bond acceptors (Lipinski definition) is 3. The highest BCUT2D eigenvalue weighted by atomic mass is 16.1. The molecule has 3 nitrogen and oxygen atoms in total. The second kappa shape index (κ2) is 4.70. The molecule has 0 saturated heterocycles. The number of aldehydes is 2. The van der Waals surface area contributed by atoms with Crippen LogP contribution in [0.15, 0.2) is 30.3 Å². The van der Waals surface area contributed by atoms with Crippen molar-refractivity contribution in [3.05, 3.63) is 30.3 Å². The Morgan fingerprint density at radius 2 is 1.29 bits per heavy atom. The quantitative estimate of drug-likeness (QED) is 0.733. The minimum atomic E-state index is -0.730. The molecule has 0 fully saturated rings. The largest absolute Gasteiger partial charge is 0.348 e. The van der Waals surface area contributed by atoms with Crippen molar-refractivity contribution >= 4 is 18.3 Å². The van der Waals surface area contributed by atoms with Crippen LogP contribution >= 0.6 is 0 Å². The molecule has 0 radical (unpaired) electrons. The number of para-hydroxylation sites is 1. The van der Waals surface area contributed by atoms with E-state index in [4.69, 9.17) is 0 Å². The van der Waals surface area contributed by atoms with E-state index in [9.17, 15) is 9.59 Å². The summed E-state index contributed by atoms with van der Waals surface area (Å²) in [6, 6.07) is 9.49. The molecule has 0 N–H and O–H groups in total. The molecule has 0 bridgehead atoms. The van der Waals surface area contributed by atoms with Crippen molar-refractivity contribution in [3.63, 3.8) is 0 Å². The first kappa shape index (κ1) is 13.4. The van der Waals surface area contributed by atoms with Crippen molar-refractivity contribution in [3.8, 4) is 0 Å². The van der Waals surface area contributed by atoms with Gasteiger partial charge in [-0.15, -0.1) is 0 Å². The van der Waals surface area contributed by atoms with Gasteiger partial charge in [0.25, 0.3) is 0 Å². The van der Waals surface area contributed by atoms with Gasteiger partial charge in [-0.1, -0.05) is 18.2 Å². The predicted molar refractivity (Wildman–Crippen MR) is 69.2 cm³/mol. The van der Waals surface area contributed by atoms with Crippen LogP contribution in [0.1, 0.15) is 27.7 Å². The standard InChI is InChI=1S/C14H19NO2/c1-13(2,10-16)15(14(3,4)11-17)12-8-6-5-7-9-12/h5-11H,1-4H3. The van der Waals surface area contributed by atoms with E-state index < -0.39 is 11.1 Å². The molecule has 0 amide bonds. The molecule has 0 spiro atoms. The predicted octanol–water partition coefficient (Wildman–Crippen LogP) is 2.45. The Morgan fingerprint density at radius 1 is 0.882 bits per heavy atom. The summed E-state index contributed by atoms with van der Waals surface area (Å²) in [5.74, 6) is 0. The van der Waals surface area contributed by atoms with Crippen molar-refractivity contribution in [2.45, 2.75) is 38.8 Å². The average molecular weight is 233 g/mol. The van der Waals surface area contributed by atoms with Crippen molar-refractivity contribution in [2.75, 3.05) is 4.90 Å². The average Bonchev–Trinajstić information content (AvgIpc) is 2.30. The van der Waals surface area contributed by atoms with E-state index in [2.05, 4.69) is 0 Å². The molecule has 0 aliphatic heterocycles. The summed E-state index contributed by atoms with van der Waals surface area (Å²) in [5.41, 5.74) is -0.598. The Morgan fingerprint density at radius 3 is 1.65 bits per heavy atom. The van der Waals surface area contributed by atoms with Crippen LogP contribution in [0.5, 0.6) is 0 Å². The van der Waals surface area contributed by atoms with Crippen LogP contribution in [-0.4, -0.2) is 23.7 Å². The molecule has 0 aliphatic rings. The van der Waals surface area contributed by atoms with Crippen LogP contribution < -0.4 is 4.90 Å². The second-order valence-corrected chi connectivity index (χ2v) is 5.21. The zero-order valence-electron chi connectivity index (χ0n) is 10.8. The fourth-order valence-electron chi connectivity index (χ4n) is 2.09. The highest BCUT2D eigenvalue weighted by molar-refractivity contribution is 5.79. The molecular formula is C14H19NO2. The van der Waals surface area contributed by atoms with Crippen LogP contribution in [-0.2, 0) is 9.59 Å². The van der Waals surface area contributed by atoms with Crippen molar-refractivity contribution in [2.24, 2.45) is 0 Å². The van der Waals surface area contributed by atoms with E-state index in [0.29, 0.717) is 0 Å². The molecule has 92 valence electrons. The first-order valence-electron chi connectivity index (χ1n) is 5.63. The maximum Gasteiger partial charge on any atom is 0.145 e. The van der Waals surface area contributed by atoms with Gasteiger partial charge in [0.15, 0.2) is 0 Å². The monoisotopic (exact) mass is 233 g/mol. The molecule has 0 saturated carbocycles. The fraction of sp³-hybridized carbons (Fsp3) is 0.429. The first-order valence-corrected chi connectivity index (χ1v) is 5.63. The van der Waals surface area contributed by atoms with E-state index in [-0.39, 0.29) is 0 Å². The Bertz CT molecular complexity index is 376. The molecule has 1 rings (SSSR count). The third kappa shape index (κ3) is 2.73. The Hall–Kier alpha value is -1.64. The Kier molecular flexibility index (Phi) is 3.71. The molecule has 0 aliphatic carbocycles. The number of anilines is 1. The van der Waals surface area contributed by atoms with Gasteiger partial charge in [-0.2, -0.15) is 0 Å². The number of nitrogens with zero attached hydrogens (tertiary/aromatic N) is 1. The summed E-state index contributed by atoms with van der Waals surface area (Å²) in [5, 5.41) is 0. The summed E-state index contributed by atoms with van der Waals surface area (Å²) in [6.45, 7) is 7.22. The lowest BCUT2D eigenvalue weighted by Gasteiger charge is -2.45. The van der Waals surface area contributed by atoms with E-state index in [1.165, 1.54) is 0 Å².